The first-order valence-corrected chi connectivity index (χ1v) is 21.4. The lowest BCUT2D eigenvalue weighted by molar-refractivity contribution is 0.768. The molecule has 62 heavy (non-hydrogen) atoms. The topological polar surface area (TPSA) is 3.24 Å². The maximum Gasteiger partial charge on any atom is 0.0714 e. The molecule has 1 aliphatic rings. The van der Waals surface area contributed by atoms with E-state index in [0.717, 1.165) is 17.1 Å². The Labute approximate surface area is 364 Å². The minimum absolute atomic E-state index is 0.505. The number of fused-ring (bicyclic) bond motifs is 3. The number of hydrogen-bond donors (Lipinski definition) is 0. The molecule has 1 aliphatic carbocycles. The third-order valence-corrected chi connectivity index (χ3v) is 12.6. The molecule has 0 N–H and O–H groups in total. The first-order chi connectivity index (χ1) is 30.8. The fourth-order valence-corrected chi connectivity index (χ4v) is 9.71. The van der Waals surface area contributed by atoms with Crippen LogP contribution in [0.15, 0.2) is 261 Å². The molecule has 0 spiro atoms. The molecule has 292 valence electrons. The van der Waals surface area contributed by atoms with Gasteiger partial charge in [0.05, 0.1) is 5.41 Å². The van der Waals surface area contributed by atoms with Crippen LogP contribution >= 0.6 is 0 Å². The quantitative estimate of drug-likeness (QED) is 0.141. The molecule has 0 aliphatic heterocycles. The first kappa shape index (κ1) is 37.0. The van der Waals surface area contributed by atoms with Crippen LogP contribution in [0.1, 0.15) is 22.3 Å². The summed E-state index contributed by atoms with van der Waals surface area (Å²) in [4.78, 5) is 2.42. The van der Waals surface area contributed by atoms with Gasteiger partial charge in [-0.05, 0) is 120 Å². The van der Waals surface area contributed by atoms with Gasteiger partial charge < -0.3 is 4.90 Å². The Balaban J connectivity index is 1.09. The molecule has 1 heteroatoms. The second-order valence-electron chi connectivity index (χ2n) is 16.0. The van der Waals surface area contributed by atoms with E-state index >= 15 is 0 Å². The monoisotopic (exact) mass is 789 g/mol. The lowest BCUT2D eigenvalue weighted by Crippen LogP contribution is -2.28. The van der Waals surface area contributed by atoms with Gasteiger partial charge in [0, 0.05) is 17.1 Å². The van der Waals surface area contributed by atoms with Crippen LogP contribution in [-0.4, -0.2) is 0 Å². The average molecular weight is 790 g/mol. The van der Waals surface area contributed by atoms with Gasteiger partial charge in [0.2, 0.25) is 0 Å². The van der Waals surface area contributed by atoms with E-state index in [-0.39, 0.29) is 0 Å². The van der Waals surface area contributed by atoms with Crippen molar-refractivity contribution < 1.29 is 0 Å². The number of rotatable bonds is 9. The van der Waals surface area contributed by atoms with Gasteiger partial charge in [-0.25, -0.2) is 0 Å². The predicted octanol–water partition coefficient (Wildman–Crippen LogP) is 16.2. The molecule has 0 saturated carbocycles. The molecular weight excluding hydrogens is 747 g/mol. The third kappa shape index (κ3) is 6.43. The van der Waals surface area contributed by atoms with Crippen LogP contribution < -0.4 is 4.90 Å². The van der Waals surface area contributed by atoms with E-state index in [1.165, 1.54) is 77.9 Å². The molecule has 0 bridgehead atoms. The zero-order chi connectivity index (χ0) is 41.3. The molecule has 0 heterocycles. The van der Waals surface area contributed by atoms with Crippen LogP contribution in [0.2, 0.25) is 0 Å². The standard InChI is InChI=1S/C61H43N/c1-6-18-44(19-7-1)46-30-35-52(36-31-46)62(53-37-32-48(33-38-53)58-42-49(45-20-8-2-9-21-45)34-40-55(58)47-22-10-3-11-23-47)54-39-41-57-56-28-16-17-29-59(56)61(60(57)43-54,50-24-12-4-13-25-50)51-26-14-5-15-27-51/h1-43H. The molecule has 0 radical (unpaired) electrons. The highest BCUT2D eigenvalue weighted by Gasteiger charge is 2.46. The number of anilines is 3. The molecule has 11 rings (SSSR count). The van der Waals surface area contributed by atoms with E-state index in [0.29, 0.717) is 0 Å². The van der Waals surface area contributed by atoms with Gasteiger partial charge >= 0.3 is 0 Å². The minimum Gasteiger partial charge on any atom is -0.310 e. The van der Waals surface area contributed by atoms with Crippen LogP contribution in [0.25, 0.3) is 55.6 Å². The average Bonchev–Trinajstić information content (AvgIpc) is 3.66. The van der Waals surface area contributed by atoms with Gasteiger partial charge in [-0.3, -0.25) is 0 Å². The summed E-state index contributed by atoms with van der Waals surface area (Å²) in [6.07, 6.45) is 0. The Kier molecular flexibility index (Phi) is 9.48. The van der Waals surface area contributed by atoms with Gasteiger partial charge in [0.25, 0.3) is 0 Å². The van der Waals surface area contributed by atoms with E-state index in [9.17, 15) is 0 Å². The Bertz CT molecular complexity index is 3080. The van der Waals surface area contributed by atoms with Crippen molar-refractivity contribution in [3.63, 3.8) is 0 Å². The summed E-state index contributed by atoms with van der Waals surface area (Å²) in [5.41, 5.74) is 20.0. The molecule has 10 aromatic rings. The smallest absolute Gasteiger partial charge is 0.0714 e. The Morgan fingerprint density at radius 1 is 0.226 bits per heavy atom. The normalized spacial score (nSPS) is 12.3. The molecule has 0 unspecified atom stereocenters. The van der Waals surface area contributed by atoms with Crippen LogP contribution in [0, 0.1) is 0 Å². The third-order valence-electron chi connectivity index (χ3n) is 12.6. The fraction of sp³-hybridized carbons (Fsp3) is 0.0164. The summed E-state index contributed by atoms with van der Waals surface area (Å²) in [5.74, 6) is 0. The van der Waals surface area contributed by atoms with Gasteiger partial charge in [0.1, 0.15) is 0 Å². The van der Waals surface area contributed by atoms with Crippen LogP contribution in [0.5, 0.6) is 0 Å². The van der Waals surface area contributed by atoms with E-state index in [2.05, 4.69) is 266 Å². The summed E-state index contributed by atoms with van der Waals surface area (Å²) in [7, 11) is 0. The molecule has 0 saturated heterocycles. The summed E-state index contributed by atoms with van der Waals surface area (Å²) < 4.78 is 0. The minimum atomic E-state index is -0.505. The van der Waals surface area contributed by atoms with Gasteiger partial charge in [0.15, 0.2) is 0 Å². The zero-order valence-corrected chi connectivity index (χ0v) is 34.3. The van der Waals surface area contributed by atoms with Crippen molar-refractivity contribution in [1.82, 2.24) is 0 Å². The van der Waals surface area contributed by atoms with Crippen molar-refractivity contribution in [2.24, 2.45) is 0 Å². The Hall–Kier alpha value is -8.00. The summed E-state index contributed by atoms with van der Waals surface area (Å²) >= 11 is 0. The summed E-state index contributed by atoms with van der Waals surface area (Å²) in [6, 6.07) is 95.2. The van der Waals surface area contributed by atoms with Gasteiger partial charge in [-0.1, -0.05) is 218 Å². The van der Waals surface area contributed by atoms with Crippen LogP contribution in [-0.2, 0) is 5.41 Å². The van der Waals surface area contributed by atoms with Crippen molar-refractivity contribution in [3.8, 4) is 55.6 Å². The first-order valence-electron chi connectivity index (χ1n) is 21.4. The van der Waals surface area contributed by atoms with Crippen molar-refractivity contribution in [3.05, 3.63) is 283 Å². The van der Waals surface area contributed by atoms with E-state index in [1.54, 1.807) is 0 Å². The Morgan fingerprint density at radius 3 is 1.19 bits per heavy atom. The lowest BCUT2D eigenvalue weighted by atomic mass is 9.67. The largest absolute Gasteiger partial charge is 0.310 e. The van der Waals surface area contributed by atoms with E-state index in [1.807, 2.05) is 0 Å². The maximum atomic E-state index is 2.45. The van der Waals surface area contributed by atoms with Crippen molar-refractivity contribution in [1.29, 1.82) is 0 Å². The van der Waals surface area contributed by atoms with Gasteiger partial charge in [-0.2, -0.15) is 0 Å². The van der Waals surface area contributed by atoms with Crippen molar-refractivity contribution >= 4 is 17.1 Å². The number of benzene rings is 10. The maximum absolute atomic E-state index is 2.45. The molecule has 0 amide bonds. The zero-order valence-electron chi connectivity index (χ0n) is 34.3. The molecule has 1 nitrogen and oxygen atoms in total. The summed E-state index contributed by atoms with van der Waals surface area (Å²) in [6.45, 7) is 0. The van der Waals surface area contributed by atoms with Gasteiger partial charge in [-0.15, -0.1) is 0 Å². The predicted molar refractivity (Wildman–Crippen MR) is 260 cm³/mol. The van der Waals surface area contributed by atoms with Crippen molar-refractivity contribution in [2.75, 3.05) is 4.90 Å². The molecule has 0 fully saturated rings. The highest BCUT2D eigenvalue weighted by molar-refractivity contribution is 5.91. The highest BCUT2D eigenvalue weighted by atomic mass is 15.1. The lowest BCUT2D eigenvalue weighted by Gasteiger charge is -2.35. The second kappa shape index (κ2) is 15.9. The second-order valence-corrected chi connectivity index (χ2v) is 16.0. The number of hydrogen-bond acceptors (Lipinski definition) is 1. The van der Waals surface area contributed by atoms with E-state index < -0.39 is 5.41 Å². The summed E-state index contributed by atoms with van der Waals surface area (Å²) in [5, 5.41) is 0. The molecule has 0 atom stereocenters. The van der Waals surface area contributed by atoms with Crippen LogP contribution in [0.3, 0.4) is 0 Å². The molecule has 0 aromatic heterocycles. The fourth-order valence-electron chi connectivity index (χ4n) is 9.71. The highest BCUT2D eigenvalue weighted by Crippen LogP contribution is 2.57. The number of nitrogens with zero attached hydrogens (tertiary/aromatic N) is 1. The molecular formula is C61H43N. The van der Waals surface area contributed by atoms with Crippen LogP contribution in [0.4, 0.5) is 17.1 Å². The Morgan fingerprint density at radius 2 is 0.613 bits per heavy atom. The van der Waals surface area contributed by atoms with E-state index in [4.69, 9.17) is 0 Å². The van der Waals surface area contributed by atoms with Crippen molar-refractivity contribution in [2.45, 2.75) is 5.41 Å². The molecule has 10 aromatic carbocycles. The SMILES string of the molecule is c1ccc(-c2ccc(N(c3ccc(-c4cc(-c5ccccc5)ccc4-c4ccccc4)cc3)c3ccc4c(c3)C(c3ccccc3)(c3ccccc3)c3ccccc3-4)cc2)cc1.